The molecule has 0 saturated heterocycles. The molecule has 1 atom stereocenters. The van der Waals surface area contributed by atoms with Crippen molar-refractivity contribution in [3.8, 4) is 11.5 Å². The Morgan fingerprint density at radius 2 is 1.59 bits per heavy atom. The summed E-state index contributed by atoms with van der Waals surface area (Å²) >= 11 is 0. The molecule has 1 aliphatic rings. The number of amides is 1. The second-order valence-electron chi connectivity index (χ2n) is 7.26. The summed E-state index contributed by atoms with van der Waals surface area (Å²) in [4.78, 5) is 12.7. The number of fused-ring (bicyclic) bond motifs is 1. The van der Waals surface area contributed by atoms with Crippen molar-refractivity contribution in [2.24, 2.45) is 0 Å². The van der Waals surface area contributed by atoms with Gasteiger partial charge in [-0.25, -0.2) is 0 Å². The zero-order valence-electron chi connectivity index (χ0n) is 16.6. The van der Waals surface area contributed by atoms with Crippen molar-refractivity contribution in [2.45, 2.75) is 25.3 Å². The van der Waals surface area contributed by atoms with Gasteiger partial charge in [0.15, 0.2) is 6.61 Å². The SMILES string of the molecule is COc1ccc([C@@H](NC(=O)COc2ccc3c(c2)CCC3)c2ccccc2)cc1. The van der Waals surface area contributed by atoms with Crippen molar-refractivity contribution >= 4 is 5.91 Å². The van der Waals surface area contributed by atoms with E-state index in [0.29, 0.717) is 0 Å². The van der Waals surface area contributed by atoms with Gasteiger partial charge in [0.2, 0.25) is 0 Å². The molecule has 4 rings (SSSR count). The largest absolute Gasteiger partial charge is 0.497 e. The Morgan fingerprint density at radius 3 is 2.34 bits per heavy atom. The highest BCUT2D eigenvalue weighted by Gasteiger charge is 2.18. The van der Waals surface area contributed by atoms with Gasteiger partial charge < -0.3 is 14.8 Å². The van der Waals surface area contributed by atoms with Crippen LogP contribution in [0.4, 0.5) is 0 Å². The molecule has 1 aliphatic carbocycles. The molecule has 0 saturated carbocycles. The molecule has 0 bridgehead atoms. The predicted octanol–water partition coefficient (Wildman–Crippen LogP) is 4.47. The molecular formula is C25H25NO3. The standard InChI is InChI=1S/C25H25NO3/c1-28-22-13-11-20(12-14-22)25(19-6-3-2-4-7-19)26-24(27)17-29-23-15-10-18-8-5-9-21(18)16-23/h2-4,6-7,10-16,25H,5,8-9,17H2,1H3,(H,26,27)/t25-/m0/s1. The minimum absolute atomic E-state index is 0.0156. The second-order valence-corrected chi connectivity index (χ2v) is 7.26. The number of aryl methyl sites for hydroxylation is 2. The number of hydrogen-bond donors (Lipinski definition) is 1. The summed E-state index contributed by atoms with van der Waals surface area (Å²) in [7, 11) is 1.64. The zero-order chi connectivity index (χ0) is 20.1. The average molecular weight is 387 g/mol. The molecule has 3 aromatic rings. The first-order chi connectivity index (χ1) is 14.2. The predicted molar refractivity (Wildman–Crippen MR) is 113 cm³/mol. The van der Waals surface area contributed by atoms with Crippen LogP contribution in [0, 0.1) is 0 Å². The third kappa shape index (κ3) is 4.60. The molecule has 0 spiro atoms. The van der Waals surface area contributed by atoms with Crippen LogP contribution < -0.4 is 14.8 Å². The molecular weight excluding hydrogens is 362 g/mol. The molecule has 0 fully saturated rings. The topological polar surface area (TPSA) is 47.6 Å². The Labute approximate surface area is 171 Å². The lowest BCUT2D eigenvalue weighted by molar-refractivity contribution is -0.123. The van der Waals surface area contributed by atoms with E-state index >= 15 is 0 Å². The Hall–Kier alpha value is -3.27. The fourth-order valence-corrected chi connectivity index (χ4v) is 3.79. The first-order valence-corrected chi connectivity index (χ1v) is 9.96. The van der Waals surface area contributed by atoms with Crippen molar-refractivity contribution in [3.63, 3.8) is 0 Å². The minimum atomic E-state index is -0.252. The molecule has 4 heteroatoms. The summed E-state index contributed by atoms with van der Waals surface area (Å²) in [5.41, 5.74) is 4.74. The van der Waals surface area contributed by atoms with Crippen LogP contribution in [0.25, 0.3) is 0 Å². The summed E-state index contributed by atoms with van der Waals surface area (Å²) in [6.07, 6.45) is 3.42. The molecule has 4 nitrogen and oxygen atoms in total. The van der Waals surface area contributed by atoms with Crippen LogP contribution in [0.2, 0.25) is 0 Å². The van der Waals surface area contributed by atoms with Gasteiger partial charge in [-0.3, -0.25) is 4.79 Å². The van der Waals surface area contributed by atoms with Crippen molar-refractivity contribution in [1.82, 2.24) is 5.32 Å². The molecule has 0 aromatic heterocycles. The van der Waals surface area contributed by atoms with E-state index < -0.39 is 0 Å². The van der Waals surface area contributed by atoms with Crippen LogP contribution >= 0.6 is 0 Å². The summed E-state index contributed by atoms with van der Waals surface area (Å²) in [5.74, 6) is 1.38. The van der Waals surface area contributed by atoms with Crippen LogP contribution in [0.1, 0.15) is 34.7 Å². The van der Waals surface area contributed by atoms with Crippen LogP contribution in [0.3, 0.4) is 0 Å². The Morgan fingerprint density at radius 1 is 0.897 bits per heavy atom. The molecule has 29 heavy (non-hydrogen) atoms. The minimum Gasteiger partial charge on any atom is -0.497 e. The van der Waals surface area contributed by atoms with E-state index in [0.717, 1.165) is 35.5 Å². The highest BCUT2D eigenvalue weighted by molar-refractivity contribution is 5.78. The lowest BCUT2D eigenvalue weighted by atomic mass is 9.98. The number of carbonyl (C=O) groups is 1. The van der Waals surface area contributed by atoms with Gasteiger partial charge in [0.25, 0.3) is 5.91 Å². The maximum absolute atomic E-state index is 12.7. The Bertz CT molecular complexity index is 967. The van der Waals surface area contributed by atoms with Crippen LogP contribution in [-0.2, 0) is 17.6 Å². The van der Waals surface area contributed by atoms with Crippen molar-refractivity contribution in [3.05, 3.63) is 95.1 Å². The number of rotatable bonds is 7. The second kappa shape index (κ2) is 8.82. The van der Waals surface area contributed by atoms with Crippen molar-refractivity contribution in [1.29, 1.82) is 0 Å². The van der Waals surface area contributed by atoms with Crippen molar-refractivity contribution in [2.75, 3.05) is 13.7 Å². The van der Waals surface area contributed by atoms with Gasteiger partial charge in [-0.05, 0) is 65.8 Å². The third-order valence-corrected chi connectivity index (χ3v) is 5.33. The maximum atomic E-state index is 12.7. The molecule has 3 aromatic carbocycles. The van der Waals surface area contributed by atoms with Gasteiger partial charge in [0.05, 0.1) is 13.2 Å². The monoisotopic (exact) mass is 387 g/mol. The fourth-order valence-electron chi connectivity index (χ4n) is 3.79. The van der Waals surface area contributed by atoms with Crippen LogP contribution in [0.5, 0.6) is 11.5 Å². The summed E-state index contributed by atoms with van der Waals surface area (Å²) in [5, 5.41) is 3.10. The highest BCUT2D eigenvalue weighted by Crippen LogP contribution is 2.26. The normalized spacial score (nSPS) is 13.4. The third-order valence-electron chi connectivity index (χ3n) is 5.33. The number of carbonyl (C=O) groups excluding carboxylic acids is 1. The molecule has 0 aliphatic heterocycles. The van der Waals surface area contributed by atoms with E-state index in [2.05, 4.69) is 17.4 Å². The number of ether oxygens (including phenoxy) is 2. The van der Waals surface area contributed by atoms with E-state index in [1.165, 1.54) is 17.5 Å². The van der Waals surface area contributed by atoms with E-state index in [4.69, 9.17) is 9.47 Å². The van der Waals surface area contributed by atoms with Crippen LogP contribution in [0.15, 0.2) is 72.8 Å². The van der Waals surface area contributed by atoms with Gasteiger partial charge in [-0.2, -0.15) is 0 Å². The highest BCUT2D eigenvalue weighted by atomic mass is 16.5. The molecule has 1 amide bonds. The summed E-state index contributed by atoms with van der Waals surface area (Å²) in [6.45, 7) is -0.0156. The average Bonchev–Trinajstić information content (AvgIpc) is 3.25. The maximum Gasteiger partial charge on any atom is 0.258 e. The fraction of sp³-hybridized carbons (Fsp3) is 0.240. The molecule has 148 valence electrons. The molecule has 0 heterocycles. The molecule has 0 unspecified atom stereocenters. The lowest BCUT2D eigenvalue weighted by Gasteiger charge is -2.20. The number of nitrogens with one attached hydrogen (secondary N) is 1. The Kier molecular flexibility index (Phi) is 5.80. The zero-order valence-corrected chi connectivity index (χ0v) is 16.6. The van der Waals surface area contributed by atoms with Crippen molar-refractivity contribution < 1.29 is 14.3 Å². The number of benzene rings is 3. The quantitative estimate of drug-likeness (QED) is 0.651. The first-order valence-electron chi connectivity index (χ1n) is 9.96. The van der Waals surface area contributed by atoms with E-state index in [9.17, 15) is 4.79 Å². The summed E-state index contributed by atoms with van der Waals surface area (Å²) < 4.78 is 11.0. The van der Waals surface area contributed by atoms with E-state index in [1.54, 1.807) is 7.11 Å². The first kappa shape index (κ1) is 19.1. The van der Waals surface area contributed by atoms with Gasteiger partial charge in [0, 0.05) is 0 Å². The van der Waals surface area contributed by atoms with Gasteiger partial charge in [-0.15, -0.1) is 0 Å². The lowest BCUT2D eigenvalue weighted by Crippen LogP contribution is -2.33. The van der Waals surface area contributed by atoms with E-state index in [1.807, 2.05) is 60.7 Å². The Balaban J connectivity index is 1.46. The number of hydrogen-bond acceptors (Lipinski definition) is 3. The molecule has 1 N–H and O–H groups in total. The van der Waals surface area contributed by atoms with E-state index in [-0.39, 0.29) is 18.6 Å². The van der Waals surface area contributed by atoms with Crippen LogP contribution in [-0.4, -0.2) is 19.6 Å². The van der Waals surface area contributed by atoms with Gasteiger partial charge in [-0.1, -0.05) is 48.5 Å². The smallest absolute Gasteiger partial charge is 0.258 e. The number of methoxy groups -OCH3 is 1. The van der Waals surface area contributed by atoms with Gasteiger partial charge >= 0.3 is 0 Å². The van der Waals surface area contributed by atoms with Gasteiger partial charge in [0.1, 0.15) is 11.5 Å². The summed E-state index contributed by atoms with van der Waals surface area (Å²) in [6, 6.07) is 23.5. The molecule has 0 radical (unpaired) electrons.